The average Bonchev–Trinajstić information content (AvgIpc) is 2.19. The largest absolute Gasteiger partial charge is 0.461 e. The van der Waals surface area contributed by atoms with Gasteiger partial charge in [-0.3, -0.25) is 0 Å². The molecule has 0 spiro atoms. The Morgan fingerprint density at radius 2 is 2.62 bits per heavy atom. The Kier molecular flexibility index (Phi) is 3.58. The summed E-state index contributed by atoms with van der Waals surface area (Å²) in [5.41, 5.74) is 0.490. The first-order chi connectivity index (χ1) is 6.34. The second-order valence-corrected chi connectivity index (χ2v) is 2.45. The lowest BCUT2D eigenvalue weighted by molar-refractivity contribution is -0.138. The maximum absolute atomic E-state index is 11.2. The fourth-order valence-corrected chi connectivity index (χ4v) is 0.871. The Morgan fingerprint density at radius 1 is 1.77 bits per heavy atom. The molecule has 0 bridgehead atoms. The van der Waals surface area contributed by atoms with Crippen molar-refractivity contribution >= 4 is 5.97 Å². The summed E-state index contributed by atoms with van der Waals surface area (Å²) < 4.78 is 4.80. The van der Waals surface area contributed by atoms with Crippen LogP contribution in [0.4, 0.5) is 0 Å². The van der Waals surface area contributed by atoms with Crippen LogP contribution in [0.1, 0.15) is 6.42 Å². The van der Waals surface area contributed by atoms with Crippen molar-refractivity contribution in [3.63, 3.8) is 0 Å². The van der Waals surface area contributed by atoms with Crippen molar-refractivity contribution in [1.82, 2.24) is 5.32 Å². The lowest BCUT2D eigenvalue weighted by Gasteiger charge is -2.07. The molecule has 4 heteroatoms. The van der Waals surface area contributed by atoms with Crippen molar-refractivity contribution in [1.29, 1.82) is 5.26 Å². The molecule has 0 atom stereocenters. The van der Waals surface area contributed by atoms with E-state index in [9.17, 15) is 4.79 Å². The van der Waals surface area contributed by atoms with Gasteiger partial charge in [0.25, 0.3) is 0 Å². The van der Waals surface area contributed by atoms with E-state index in [1.807, 2.05) is 12.1 Å². The van der Waals surface area contributed by atoms with Crippen LogP contribution in [-0.2, 0) is 9.53 Å². The number of esters is 1. The van der Waals surface area contributed by atoms with Gasteiger partial charge < -0.3 is 10.1 Å². The molecule has 1 rings (SSSR count). The zero-order chi connectivity index (χ0) is 9.52. The van der Waals surface area contributed by atoms with Gasteiger partial charge >= 0.3 is 5.97 Å². The van der Waals surface area contributed by atoms with Gasteiger partial charge in [0.15, 0.2) is 0 Å². The van der Waals surface area contributed by atoms with Gasteiger partial charge in [0.2, 0.25) is 0 Å². The minimum atomic E-state index is -0.390. The van der Waals surface area contributed by atoms with Crippen molar-refractivity contribution in [3.8, 4) is 6.07 Å². The predicted molar refractivity (Wildman–Crippen MR) is 46.4 cm³/mol. The lowest BCUT2D eigenvalue weighted by atomic mass is 10.2. The van der Waals surface area contributed by atoms with E-state index in [2.05, 4.69) is 5.32 Å². The molecule has 0 radical (unpaired) electrons. The van der Waals surface area contributed by atoms with Gasteiger partial charge in [-0.1, -0.05) is 6.08 Å². The molecule has 1 N–H and O–H groups in total. The van der Waals surface area contributed by atoms with Crippen LogP contribution in [0.5, 0.6) is 0 Å². The smallest absolute Gasteiger partial charge is 0.339 e. The fraction of sp³-hybridized carbons (Fsp3) is 0.333. The number of nitrogens with one attached hydrogen (secondary N) is 1. The third-order valence-corrected chi connectivity index (χ3v) is 1.47. The number of rotatable bonds is 3. The number of nitrogens with zero attached hydrogens (tertiary/aromatic N) is 1. The zero-order valence-corrected chi connectivity index (χ0v) is 7.12. The van der Waals surface area contributed by atoms with E-state index in [4.69, 9.17) is 10.00 Å². The summed E-state index contributed by atoms with van der Waals surface area (Å²) in [6, 6.07) is 1.90. The summed E-state index contributed by atoms with van der Waals surface area (Å²) in [5.74, 6) is -0.390. The number of carbonyl (C=O) groups excluding carboxylic acids is 1. The summed E-state index contributed by atoms with van der Waals surface area (Å²) in [5, 5.41) is 11.1. The van der Waals surface area contributed by atoms with Crippen molar-refractivity contribution in [2.24, 2.45) is 0 Å². The summed E-state index contributed by atoms with van der Waals surface area (Å²) in [4.78, 5) is 11.2. The molecular weight excluding hydrogens is 168 g/mol. The third kappa shape index (κ3) is 2.99. The average molecular weight is 178 g/mol. The number of hydrogen-bond acceptors (Lipinski definition) is 4. The Labute approximate surface area is 76.5 Å². The second kappa shape index (κ2) is 4.99. The van der Waals surface area contributed by atoms with Gasteiger partial charge in [0, 0.05) is 12.7 Å². The highest BCUT2D eigenvalue weighted by atomic mass is 16.5. The number of hydrogen-bond donors (Lipinski definition) is 1. The van der Waals surface area contributed by atoms with E-state index in [0.717, 1.165) is 6.54 Å². The molecule has 0 saturated carbocycles. The van der Waals surface area contributed by atoms with Gasteiger partial charge in [0.05, 0.1) is 18.1 Å². The highest BCUT2D eigenvalue weighted by molar-refractivity contribution is 5.91. The molecule has 0 aromatic carbocycles. The molecule has 0 aliphatic carbocycles. The van der Waals surface area contributed by atoms with Crippen LogP contribution in [0.2, 0.25) is 0 Å². The van der Waals surface area contributed by atoms with E-state index >= 15 is 0 Å². The SMILES string of the molecule is N#CCCOC(=O)C1=CNCC=C1. The molecule has 0 aromatic rings. The van der Waals surface area contributed by atoms with Gasteiger partial charge in [0.1, 0.15) is 6.61 Å². The zero-order valence-electron chi connectivity index (χ0n) is 7.12. The van der Waals surface area contributed by atoms with Crippen LogP contribution in [0.15, 0.2) is 23.9 Å². The van der Waals surface area contributed by atoms with Crippen LogP contribution in [0.3, 0.4) is 0 Å². The second-order valence-electron chi connectivity index (χ2n) is 2.45. The van der Waals surface area contributed by atoms with Crippen molar-refractivity contribution in [2.45, 2.75) is 6.42 Å². The van der Waals surface area contributed by atoms with Crippen molar-refractivity contribution in [3.05, 3.63) is 23.9 Å². The highest BCUT2D eigenvalue weighted by Crippen LogP contribution is 2.02. The Hall–Kier alpha value is -1.76. The first-order valence-electron chi connectivity index (χ1n) is 3.99. The predicted octanol–water partition coefficient (Wildman–Crippen LogP) is 0.487. The minimum absolute atomic E-state index is 0.153. The monoisotopic (exact) mass is 178 g/mol. The molecule has 1 aliphatic rings. The van der Waals surface area contributed by atoms with Crippen LogP contribution >= 0.6 is 0 Å². The van der Waals surface area contributed by atoms with E-state index in [0.29, 0.717) is 5.57 Å². The van der Waals surface area contributed by atoms with Gasteiger partial charge in [-0.2, -0.15) is 5.26 Å². The summed E-state index contributed by atoms with van der Waals surface area (Å²) >= 11 is 0. The first kappa shape index (κ1) is 9.33. The van der Waals surface area contributed by atoms with E-state index in [-0.39, 0.29) is 13.0 Å². The third-order valence-electron chi connectivity index (χ3n) is 1.47. The van der Waals surface area contributed by atoms with Crippen molar-refractivity contribution < 1.29 is 9.53 Å². The number of dihydropyridines is 1. The van der Waals surface area contributed by atoms with E-state index in [1.165, 1.54) is 0 Å². The summed E-state index contributed by atoms with van der Waals surface area (Å²) in [6.45, 7) is 0.884. The Morgan fingerprint density at radius 3 is 3.23 bits per heavy atom. The van der Waals surface area contributed by atoms with Crippen molar-refractivity contribution in [2.75, 3.05) is 13.2 Å². The maximum Gasteiger partial charge on any atom is 0.339 e. The fourth-order valence-electron chi connectivity index (χ4n) is 0.871. The molecule has 1 aliphatic heterocycles. The van der Waals surface area contributed by atoms with E-state index in [1.54, 1.807) is 12.3 Å². The molecule has 0 saturated heterocycles. The molecule has 0 aromatic heterocycles. The van der Waals surface area contributed by atoms with Crippen LogP contribution in [0, 0.1) is 11.3 Å². The topological polar surface area (TPSA) is 62.1 Å². The van der Waals surface area contributed by atoms with Crippen LogP contribution in [0.25, 0.3) is 0 Å². The standard InChI is InChI=1S/C9H10N2O2/c10-4-2-6-13-9(12)8-3-1-5-11-7-8/h1,3,7,11H,2,5-6H2. The maximum atomic E-state index is 11.2. The Balaban J connectivity index is 2.35. The molecule has 4 nitrogen and oxygen atoms in total. The molecule has 0 fully saturated rings. The first-order valence-corrected chi connectivity index (χ1v) is 3.99. The minimum Gasteiger partial charge on any atom is -0.461 e. The molecule has 1 heterocycles. The molecule has 0 amide bonds. The van der Waals surface area contributed by atoms with Crippen LogP contribution in [-0.4, -0.2) is 19.1 Å². The van der Waals surface area contributed by atoms with Gasteiger partial charge in [-0.15, -0.1) is 0 Å². The molecule has 0 unspecified atom stereocenters. The highest BCUT2D eigenvalue weighted by Gasteiger charge is 2.08. The summed E-state index contributed by atoms with van der Waals surface area (Å²) in [6.07, 6.45) is 5.37. The van der Waals surface area contributed by atoms with E-state index < -0.39 is 5.97 Å². The lowest BCUT2D eigenvalue weighted by Crippen LogP contribution is -2.15. The molecule has 68 valence electrons. The quantitative estimate of drug-likeness (QED) is 0.504. The van der Waals surface area contributed by atoms with Gasteiger partial charge in [-0.05, 0) is 6.08 Å². The Bertz CT molecular complexity index is 286. The summed E-state index contributed by atoms with van der Waals surface area (Å²) in [7, 11) is 0. The normalized spacial score (nSPS) is 13.9. The number of carbonyl (C=O) groups is 1. The van der Waals surface area contributed by atoms with Gasteiger partial charge in [-0.25, -0.2) is 4.79 Å². The number of nitriles is 1. The van der Waals surface area contributed by atoms with Crippen LogP contribution < -0.4 is 5.32 Å². The molecular formula is C9H10N2O2. The molecule has 13 heavy (non-hydrogen) atoms. The number of ether oxygens (including phenoxy) is 1.